The lowest BCUT2D eigenvalue weighted by Crippen LogP contribution is -2.12. The molecule has 7 nitrogen and oxygen atoms in total. The Bertz CT molecular complexity index is 1260. The second-order valence-electron chi connectivity index (χ2n) is 7.00. The quantitative estimate of drug-likeness (QED) is 0.519. The van der Waals surface area contributed by atoms with Crippen LogP contribution in [0.3, 0.4) is 0 Å². The Labute approximate surface area is 169 Å². The van der Waals surface area contributed by atoms with E-state index in [-0.39, 0.29) is 10.9 Å². The summed E-state index contributed by atoms with van der Waals surface area (Å²) in [5, 5.41) is 0.791. The molecule has 8 heteroatoms. The molecule has 2 aromatic carbocycles. The lowest BCUT2D eigenvalue weighted by Gasteiger charge is -2.09. The third-order valence-corrected chi connectivity index (χ3v) is 6.09. The van der Waals surface area contributed by atoms with Crippen molar-refractivity contribution in [1.82, 2.24) is 14.5 Å². The minimum Gasteiger partial charge on any atom is -0.383 e. The molecule has 4 aromatic rings. The number of rotatable bonds is 5. The summed E-state index contributed by atoms with van der Waals surface area (Å²) in [6.45, 7) is 4.14. The molecule has 0 fully saturated rings. The summed E-state index contributed by atoms with van der Waals surface area (Å²) in [5.74, 6) is 0.415. The molecule has 0 amide bonds. The predicted molar refractivity (Wildman–Crippen MR) is 115 cm³/mol. The number of benzene rings is 2. The average Bonchev–Trinajstić information content (AvgIpc) is 3.10. The highest BCUT2D eigenvalue weighted by Gasteiger charge is 2.17. The van der Waals surface area contributed by atoms with Crippen molar-refractivity contribution in [2.24, 2.45) is 0 Å². The van der Waals surface area contributed by atoms with Gasteiger partial charge in [0.25, 0.3) is 10.0 Å². The van der Waals surface area contributed by atoms with Crippen LogP contribution in [0, 0.1) is 0 Å². The summed E-state index contributed by atoms with van der Waals surface area (Å²) in [4.78, 5) is 8.73. The maximum absolute atomic E-state index is 12.5. The van der Waals surface area contributed by atoms with Gasteiger partial charge in [0.15, 0.2) is 0 Å². The molecule has 0 radical (unpaired) electrons. The number of anilines is 2. The highest BCUT2D eigenvalue weighted by atomic mass is 32.2. The van der Waals surface area contributed by atoms with Gasteiger partial charge in [0, 0.05) is 23.5 Å². The van der Waals surface area contributed by atoms with E-state index in [4.69, 9.17) is 5.73 Å². The molecule has 2 heterocycles. The molecule has 0 atom stereocenters. The van der Waals surface area contributed by atoms with Crippen LogP contribution in [-0.2, 0) is 10.0 Å². The Morgan fingerprint density at radius 1 is 1.00 bits per heavy atom. The number of nitrogen functional groups attached to an aromatic ring is 1. The van der Waals surface area contributed by atoms with E-state index >= 15 is 0 Å². The first-order valence-corrected chi connectivity index (χ1v) is 10.6. The van der Waals surface area contributed by atoms with Crippen LogP contribution in [0.5, 0.6) is 0 Å². The van der Waals surface area contributed by atoms with E-state index in [0.717, 1.165) is 22.2 Å². The number of nitrogens with zero attached hydrogens (tertiary/aromatic N) is 3. The fourth-order valence-corrected chi connectivity index (χ4v) is 4.33. The summed E-state index contributed by atoms with van der Waals surface area (Å²) < 4.78 is 29.7. The Kier molecular flexibility index (Phi) is 4.71. The van der Waals surface area contributed by atoms with E-state index < -0.39 is 10.0 Å². The van der Waals surface area contributed by atoms with Crippen LogP contribution in [0.25, 0.3) is 22.2 Å². The number of sulfonamides is 1. The molecule has 0 unspecified atom stereocenters. The molecule has 0 saturated heterocycles. The van der Waals surface area contributed by atoms with E-state index in [1.165, 1.54) is 6.33 Å². The third-order valence-electron chi connectivity index (χ3n) is 4.70. The summed E-state index contributed by atoms with van der Waals surface area (Å²) >= 11 is 0. The van der Waals surface area contributed by atoms with Crippen molar-refractivity contribution in [2.45, 2.75) is 24.8 Å². The Hall–Kier alpha value is -3.39. The summed E-state index contributed by atoms with van der Waals surface area (Å²) in [6, 6.07) is 15.6. The average molecular weight is 407 g/mol. The first-order valence-electron chi connectivity index (χ1n) is 9.16. The fourth-order valence-electron chi connectivity index (χ4n) is 3.25. The number of nitrogens with one attached hydrogen (secondary N) is 1. The van der Waals surface area contributed by atoms with E-state index in [9.17, 15) is 8.42 Å². The summed E-state index contributed by atoms with van der Waals surface area (Å²) in [5.41, 5.74) is 9.19. The van der Waals surface area contributed by atoms with Crippen LogP contribution in [0.1, 0.15) is 19.9 Å². The zero-order chi connectivity index (χ0) is 20.6. The van der Waals surface area contributed by atoms with Crippen LogP contribution in [0.2, 0.25) is 0 Å². The molecule has 148 valence electrons. The van der Waals surface area contributed by atoms with Crippen molar-refractivity contribution >= 4 is 32.6 Å². The van der Waals surface area contributed by atoms with Crippen molar-refractivity contribution in [1.29, 1.82) is 0 Å². The molecule has 0 aliphatic heterocycles. The second-order valence-corrected chi connectivity index (χ2v) is 8.68. The first kappa shape index (κ1) is 18.9. The molecule has 0 aliphatic rings. The number of aromatic nitrogens is 3. The number of nitrogens with two attached hydrogens (primary N) is 1. The SMILES string of the molecule is CC(C)n1cc(-c2ccc(NS(=O)(=O)c3ccccc3)cc2)c2c(N)ncnc21. The fraction of sp³-hybridized carbons (Fsp3) is 0.143. The van der Waals surface area contributed by atoms with Gasteiger partial charge in [-0.25, -0.2) is 18.4 Å². The normalized spacial score (nSPS) is 11.8. The smallest absolute Gasteiger partial charge is 0.261 e. The third kappa shape index (κ3) is 3.54. The monoisotopic (exact) mass is 407 g/mol. The van der Waals surface area contributed by atoms with Crippen LogP contribution >= 0.6 is 0 Å². The topological polar surface area (TPSA) is 103 Å². The van der Waals surface area contributed by atoms with E-state index in [0.29, 0.717) is 11.5 Å². The second kappa shape index (κ2) is 7.21. The molecule has 0 saturated carbocycles. The van der Waals surface area contributed by atoms with Gasteiger partial charge < -0.3 is 10.3 Å². The maximum Gasteiger partial charge on any atom is 0.261 e. The Morgan fingerprint density at radius 3 is 2.34 bits per heavy atom. The van der Waals surface area contributed by atoms with Gasteiger partial charge >= 0.3 is 0 Å². The van der Waals surface area contributed by atoms with Gasteiger partial charge in [-0.1, -0.05) is 30.3 Å². The van der Waals surface area contributed by atoms with Crippen molar-refractivity contribution in [3.63, 3.8) is 0 Å². The minimum absolute atomic E-state index is 0.206. The predicted octanol–water partition coefficient (Wildman–Crippen LogP) is 4.06. The molecular weight excluding hydrogens is 386 g/mol. The molecule has 3 N–H and O–H groups in total. The highest BCUT2D eigenvalue weighted by Crippen LogP contribution is 2.34. The minimum atomic E-state index is -3.63. The van der Waals surface area contributed by atoms with E-state index in [1.54, 1.807) is 42.5 Å². The van der Waals surface area contributed by atoms with Crippen LogP contribution in [0.4, 0.5) is 11.5 Å². The largest absolute Gasteiger partial charge is 0.383 e. The van der Waals surface area contributed by atoms with Gasteiger partial charge in [-0.2, -0.15) is 0 Å². The van der Waals surface area contributed by atoms with Crippen LogP contribution in [0.15, 0.2) is 72.0 Å². The van der Waals surface area contributed by atoms with Crippen molar-refractivity contribution in [3.8, 4) is 11.1 Å². The molecule has 0 spiro atoms. The van der Waals surface area contributed by atoms with Crippen molar-refractivity contribution in [2.75, 3.05) is 10.5 Å². The number of hydrogen-bond donors (Lipinski definition) is 2. The van der Waals surface area contributed by atoms with Gasteiger partial charge in [-0.05, 0) is 43.7 Å². The maximum atomic E-state index is 12.5. The van der Waals surface area contributed by atoms with E-state index in [1.807, 2.05) is 18.3 Å². The van der Waals surface area contributed by atoms with Crippen LogP contribution < -0.4 is 10.5 Å². The number of hydrogen-bond acceptors (Lipinski definition) is 5. The van der Waals surface area contributed by atoms with Gasteiger partial charge in [0.1, 0.15) is 17.8 Å². The molecule has 0 bridgehead atoms. The number of fused-ring (bicyclic) bond motifs is 1. The summed E-state index contributed by atoms with van der Waals surface area (Å²) in [6.07, 6.45) is 3.46. The Morgan fingerprint density at radius 2 is 1.69 bits per heavy atom. The molecule has 0 aliphatic carbocycles. The standard InChI is InChI=1S/C21H21N5O2S/c1-14(2)26-12-18(19-20(22)23-13-24-21(19)26)15-8-10-16(11-9-15)25-29(27,28)17-6-4-3-5-7-17/h3-14,25H,1-2H3,(H2,22,23,24). The summed E-state index contributed by atoms with van der Waals surface area (Å²) in [7, 11) is -3.63. The Balaban J connectivity index is 1.71. The molecular formula is C21H21N5O2S. The lowest BCUT2D eigenvalue weighted by molar-refractivity contribution is 0.601. The van der Waals surface area contributed by atoms with Gasteiger partial charge in [-0.15, -0.1) is 0 Å². The van der Waals surface area contributed by atoms with E-state index in [2.05, 4.69) is 33.1 Å². The zero-order valence-electron chi connectivity index (χ0n) is 16.1. The molecule has 4 rings (SSSR count). The molecule has 2 aromatic heterocycles. The van der Waals surface area contributed by atoms with Gasteiger partial charge in [-0.3, -0.25) is 4.72 Å². The highest BCUT2D eigenvalue weighted by molar-refractivity contribution is 7.92. The van der Waals surface area contributed by atoms with Crippen LogP contribution in [-0.4, -0.2) is 23.0 Å². The van der Waals surface area contributed by atoms with Crippen molar-refractivity contribution in [3.05, 3.63) is 67.1 Å². The van der Waals surface area contributed by atoms with Gasteiger partial charge in [0.05, 0.1) is 10.3 Å². The molecule has 29 heavy (non-hydrogen) atoms. The van der Waals surface area contributed by atoms with Gasteiger partial charge in [0.2, 0.25) is 0 Å². The zero-order valence-corrected chi connectivity index (χ0v) is 16.9. The first-order chi connectivity index (χ1) is 13.9. The van der Waals surface area contributed by atoms with Crippen molar-refractivity contribution < 1.29 is 8.42 Å². The lowest BCUT2D eigenvalue weighted by atomic mass is 10.1.